The molecule has 0 aliphatic rings. The molecule has 2 aromatic rings. The minimum atomic E-state index is -4.75. The van der Waals surface area contributed by atoms with E-state index in [1.807, 2.05) is 0 Å². The summed E-state index contributed by atoms with van der Waals surface area (Å²) in [6.07, 6.45) is 0. The van der Waals surface area contributed by atoms with Gasteiger partial charge in [0.2, 0.25) is 0 Å². The van der Waals surface area contributed by atoms with Gasteiger partial charge in [0, 0.05) is 23.6 Å². The molecule has 0 atom stereocenters. The first-order valence-electron chi connectivity index (χ1n) is 5.05. The smallest absolute Gasteiger partial charge is 0.282 e. The third-order valence-corrected chi connectivity index (χ3v) is 3.50. The predicted molar refractivity (Wildman–Crippen MR) is 67.1 cm³/mol. The number of non-ortho nitro benzene ring substituents is 2. The van der Waals surface area contributed by atoms with Crippen LogP contribution in [0.4, 0.5) is 11.4 Å². The van der Waals surface area contributed by atoms with Gasteiger partial charge in [-0.15, -0.1) is 0 Å². The monoisotopic (exact) mass is 298 g/mol. The van der Waals surface area contributed by atoms with Crippen molar-refractivity contribution in [2.45, 2.75) is 4.90 Å². The lowest BCUT2D eigenvalue weighted by molar-refractivity contribution is -0.386. The highest BCUT2D eigenvalue weighted by Gasteiger charge is 2.23. The third-order valence-electron chi connectivity index (χ3n) is 2.61. The molecule has 0 saturated carbocycles. The predicted octanol–water partition coefficient (Wildman–Crippen LogP) is 1.90. The summed E-state index contributed by atoms with van der Waals surface area (Å²) in [5, 5.41) is 21.2. The van der Waals surface area contributed by atoms with Crippen LogP contribution in [-0.2, 0) is 10.1 Å². The van der Waals surface area contributed by atoms with E-state index in [0.29, 0.717) is 6.07 Å². The van der Waals surface area contributed by atoms with Crippen molar-refractivity contribution >= 4 is 32.3 Å². The highest BCUT2D eigenvalue weighted by molar-refractivity contribution is 7.86. The van der Waals surface area contributed by atoms with Crippen LogP contribution in [0.2, 0.25) is 0 Å². The molecule has 0 amide bonds. The molecular weight excluding hydrogens is 292 g/mol. The topological polar surface area (TPSA) is 141 Å². The van der Waals surface area contributed by atoms with Crippen LogP contribution >= 0.6 is 0 Å². The van der Waals surface area contributed by atoms with Crippen LogP contribution in [0.15, 0.2) is 35.2 Å². The average Bonchev–Trinajstić information content (AvgIpc) is 2.35. The van der Waals surface area contributed by atoms with E-state index in [9.17, 15) is 28.6 Å². The first-order valence-corrected chi connectivity index (χ1v) is 6.49. The van der Waals surface area contributed by atoms with Crippen LogP contribution < -0.4 is 0 Å². The Labute approximate surface area is 111 Å². The summed E-state index contributed by atoms with van der Waals surface area (Å²) in [7, 11) is -4.75. The molecule has 2 rings (SSSR count). The fourth-order valence-corrected chi connectivity index (χ4v) is 2.52. The molecule has 0 heterocycles. The molecule has 1 N–H and O–H groups in total. The van der Waals surface area contributed by atoms with Gasteiger partial charge >= 0.3 is 0 Å². The Kier molecular flexibility index (Phi) is 3.12. The zero-order chi connectivity index (χ0) is 15.1. The summed E-state index contributed by atoms with van der Waals surface area (Å²) in [5.41, 5.74) is -1.16. The number of benzene rings is 2. The molecule has 2 aromatic carbocycles. The fourth-order valence-electron chi connectivity index (χ4n) is 1.80. The number of nitro groups is 2. The van der Waals surface area contributed by atoms with Crippen LogP contribution in [-0.4, -0.2) is 22.8 Å². The zero-order valence-electron chi connectivity index (χ0n) is 9.59. The van der Waals surface area contributed by atoms with Crippen molar-refractivity contribution in [3.8, 4) is 0 Å². The standard InChI is InChI=1S/C10H6N2O7S/c13-11(14)6-4-8-7(10(5-6)20(17,18)19)2-1-3-9(8)12(15)16/h1-5H,(H,17,18,19). The minimum absolute atomic E-state index is 0.160. The number of nitro benzene ring substituents is 2. The number of fused-ring (bicyclic) bond motifs is 1. The van der Waals surface area contributed by atoms with Crippen LogP contribution in [0.25, 0.3) is 10.8 Å². The number of hydrogen-bond acceptors (Lipinski definition) is 6. The summed E-state index contributed by atoms with van der Waals surface area (Å²) in [6, 6.07) is 5.07. The molecule has 10 heteroatoms. The van der Waals surface area contributed by atoms with E-state index < -0.39 is 36.2 Å². The minimum Gasteiger partial charge on any atom is -0.282 e. The Balaban J connectivity index is 3.03. The van der Waals surface area contributed by atoms with Crippen molar-refractivity contribution in [1.29, 1.82) is 0 Å². The molecule has 0 fully saturated rings. The maximum atomic E-state index is 11.3. The van der Waals surface area contributed by atoms with Gasteiger partial charge in [-0.25, -0.2) is 0 Å². The second kappa shape index (κ2) is 4.51. The van der Waals surface area contributed by atoms with Crippen LogP contribution in [0.3, 0.4) is 0 Å². The van der Waals surface area contributed by atoms with E-state index in [1.54, 1.807) is 0 Å². The Morgan fingerprint density at radius 1 is 1.00 bits per heavy atom. The molecule has 0 aromatic heterocycles. The largest absolute Gasteiger partial charge is 0.295 e. The normalized spacial score (nSPS) is 11.4. The van der Waals surface area contributed by atoms with E-state index in [0.717, 1.165) is 12.1 Å². The summed E-state index contributed by atoms with van der Waals surface area (Å²) in [6.45, 7) is 0. The van der Waals surface area contributed by atoms with Gasteiger partial charge in [-0.1, -0.05) is 12.1 Å². The summed E-state index contributed by atoms with van der Waals surface area (Å²) in [4.78, 5) is 19.2. The Morgan fingerprint density at radius 3 is 2.15 bits per heavy atom. The molecule has 0 radical (unpaired) electrons. The van der Waals surface area contributed by atoms with Gasteiger partial charge in [0.05, 0.1) is 15.2 Å². The molecule has 0 unspecified atom stereocenters. The Hall–Kier alpha value is -2.59. The SMILES string of the molecule is O=[N+]([O-])c1cc(S(=O)(=O)O)c2cccc([N+](=O)[O-])c2c1. The zero-order valence-corrected chi connectivity index (χ0v) is 10.4. The van der Waals surface area contributed by atoms with Crippen LogP contribution in [0, 0.1) is 20.2 Å². The van der Waals surface area contributed by atoms with Gasteiger partial charge in [-0.2, -0.15) is 8.42 Å². The van der Waals surface area contributed by atoms with Gasteiger partial charge in [-0.05, 0) is 0 Å². The highest BCUT2D eigenvalue weighted by Crippen LogP contribution is 2.33. The number of nitrogens with zero attached hydrogens (tertiary/aromatic N) is 2. The molecule has 0 bridgehead atoms. The molecule has 0 spiro atoms. The van der Waals surface area contributed by atoms with E-state index in [-0.39, 0.29) is 10.8 Å². The molecule has 0 aliphatic heterocycles. The van der Waals surface area contributed by atoms with E-state index in [1.165, 1.54) is 12.1 Å². The van der Waals surface area contributed by atoms with Crippen molar-refractivity contribution in [3.05, 3.63) is 50.6 Å². The van der Waals surface area contributed by atoms with Crippen molar-refractivity contribution in [3.63, 3.8) is 0 Å². The molecule has 20 heavy (non-hydrogen) atoms. The maximum absolute atomic E-state index is 11.3. The first kappa shape index (κ1) is 13.8. The van der Waals surface area contributed by atoms with Crippen molar-refractivity contribution < 1.29 is 22.8 Å². The van der Waals surface area contributed by atoms with E-state index in [4.69, 9.17) is 4.55 Å². The second-order valence-electron chi connectivity index (χ2n) is 3.81. The summed E-state index contributed by atoms with van der Waals surface area (Å²) in [5.74, 6) is 0. The van der Waals surface area contributed by atoms with Crippen LogP contribution in [0.5, 0.6) is 0 Å². The summed E-state index contributed by atoms with van der Waals surface area (Å²) < 4.78 is 31.6. The number of rotatable bonds is 3. The second-order valence-corrected chi connectivity index (χ2v) is 5.20. The van der Waals surface area contributed by atoms with Crippen molar-refractivity contribution in [2.75, 3.05) is 0 Å². The Bertz CT molecular complexity index is 844. The van der Waals surface area contributed by atoms with Gasteiger partial charge in [0.1, 0.15) is 4.90 Å². The van der Waals surface area contributed by atoms with Crippen molar-refractivity contribution in [2.24, 2.45) is 0 Å². The quantitative estimate of drug-likeness (QED) is 0.518. The van der Waals surface area contributed by atoms with Gasteiger partial charge < -0.3 is 0 Å². The maximum Gasteiger partial charge on any atom is 0.295 e. The lowest BCUT2D eigenvalue weighted by atomic mass is 10.1. The van der Waals surface area contributed by atoms with Gasteiger partial charge in [0.25, 0.3) is 21.5 Å². The first-order chi connectivity index (χ1) is 9.21. The van der Waals surface area contributed by atoms with Crippen molar-refractivity contribution in [1.82, 2.24) is 0 Å². The fraction of sp³-hybridized carbons (Fsp3) is 0. The van der Waals surface area contributed by atoms with Gasteiger partial charge in [0.15, 0.2) is 0 Å². The Morgan fingerprint density at radius 2 is 1.65 bits per heavy atom. The van der Waals surface area contributed by atoms with Gasteiger partial charge in [-0.3, -0.25) is 24.8 Å². The van der Waals surface area contributed by atoms with Crippen LogP contribution in [0.1, 0.15) is 0 Å². The molecule has 0 saturated heterocycles. The lowest BCUT2D eigenvalue weighted by Gasteiger charge is -2.04. The molecule has 104 valence electrons. The highest BCUT2D eigenvalue weighted by atomic mass is 32.2. The van der Waals surface area contributed by atoms with E-state index >= 15 is 0 Å². The van der Waals surface area contributed by atoms with E-state index in [2.05, 4.69) is 0 Å². The average molecular weight is 298 g/mol. The lowest BCUT2D eigenvalue weighted by Crippen LogP contribution is -2.02. The molecular formula is C10H6N2O7S. The third kappa shape index (κ3) is 2.29. The molecule has 9 nitrogen and oxygen atoms in total. The summed E-state index contributed by atoms with van der Waals surface area (Å²) >= 11 is 0. The number of hydrogen-bond donors (Lipinski definition) is 1. The molecule has 0 aliphatic carbocycles.